The molecule has 8 nitrogen and oxygen atoms in total. The van der Waals surface area contributed by atoms with Crippen molar-refractivity contribution in [3.63, 3.8) is 0 Å². The van der Waals surface area contributed by atoms with Crippen LogP contribution >= 0.6 is 0 Å². The summed E-state index contributed by atoms with van der Waals surface area (Å²) in [7, 11) is -3.22. The third-order valence-electron chi connectivity index (χ3n) is 3.01. The summed E-state index contributed by atoms with van der Waals surface area (Å²) < 4.78 is 32.8. The van der Waals surface area contributed by atoms with E-state index in [2.05, 4.69) is 20.3 Å². The molecule has 0 atom stereocenters. The number of aromatic nitrogens is 4. The third-order valence-corrected chi connectivity index (χ3v) is 3.79. The molecule has 0 N–H and O–H groups in total. The largest absolute Gasteiger partial charge is 0.336 e. The molecule has 0 fully saturated rings. The molecule has 0 aromatic carbocycles. The first-order valence-electron chi connectivity index (χ1n) is 6.59. The number of nitrogens with zero attached hydrogens (tertiary/aromatic N) is 4. The molecule has 3 rings (SSSR count). The second kappa shape index (κ2) is 5.16. The maximum atomic E-state index is 11.3. The van der Waals surface area contributed by atoms with E-state index in [9.17, 15) is 8.42 Å². The van der Waals surface area contributed by atoms with E-state index in [0.29, 0.717) is 11.3 Å². The minimum Gasteiger partial charge on any atom is -0.336 e. The highest BCUT2D eigenvalue weighted by atomic mass is 32.2. The summed E-state index contributed by atoms with van der Waals surface area (Å²) in [6.07, 6.45) is 2.64. The van der Waals surface area contributed by atoms with Crippen LogP contribution in [0, 0.1) is 0 Å². The summed E-state index contributed by atoms with van der Waals surface area (Å²) in [4.78, 5) is 8.25. The predicted octanol–water partition coefficient (Wildman–Crippen LogP) is 1.94. The molecule has 0 radical (unpaired) electrons. The lowest BCUT2D eigenvalue weighted by molar-refractivity contribution is 0.424. The predicted molar refractivity (Wildman–Crippen MR) is 77.7 cm³/mol. The van der Waals surface area contributed by atoms with Crippen molar-refractivity contribution >= 4 is 20.9 Å². The molecule has 0 amide bonds. The van der Waals surface area contributed by atoms with Gasteiger partial charge in [0.1, 0.15) is 5.75 Å². The molecule has 0 bridgehead atoms. The molecular formula is C13H14N4O4S. The van der Waals surface area contributed by atoms with Crippen LogP contribution in [0.1, 0.15) is 31.3 Å². The van der Waals surface area contributed by atoms with Crippen molar-refractivity contribution in [2.75, 3.05) is 6.26 Å². The SMILES string of the molecule is CC(C)c1noc2ncc(-c3nc(CS(C)(=O)=O)no3)cc12. The van der Waals surface area contributed by atoms with Crippen LogP contribution in [-0.2, 0) is 15.6 Å². The number of hydrogen-bond donors (Lipinski definition) is 0. The Morgan fingerprint density at radius 1 is 1.23 bits per heavy atom. The van der Waals surface area contributed by atoms with Crippen LogP contribution in [0.25, 0.3) is 22.6 Å². The van der Waals surface area contributed by atoms with E-state index >= 15 is 0 Å². The standard InChI is InChI=1S/C13H14N4O4S/c1-7(2)11-9-4-8(5-14-13(9)21-17-11)12-15-10(16-20-12)6-22(3,18)19/h4-5,7H,6H2,1-3H3. The van der Waals surface area contributed by atoms with E-state index in [1.54, 1.807) is 6.07 Å². The molecule has 0 unspecified atom stereocenters. The van der Waals surface area contributed by atoms with Gasteiger partial charge in [0, 0.05) is 12.5 Å². The highest BCUT2D eigenvalue weighted by Crippen LogP contribution is 2.27. The zero-order chi connectivity index (χ0) is 15.9. The van der Waals surface area contributed by atoms with Gasteiger partial charge in [0.25, 0.3) is 11.6 Å². The van der Waals surface area contributed by atoms with Gasteiger partial charge in [-0.25, -0.2) is 13.4 Å². The van der Waals surface area contributed by atoms with E-state index in [4.69, 9.17) is 9.05 Å². The van der Waals surface area contributed by atoms with E-state index < -0.39 is 9.84 Å². The Kier molecular flexibility index (Phi) is 3.44. The highest BCUT2D eigenvalue weighted by molar-refractivity contribution is 7.89. The normalized spacial score (nSPS) is 12.4. The number of pyridine rings is 1. The maximum absolute atomic E-state index is 11.3. The van der Waals surface area contributed by atoms with Crippen LogP contribution in [-0.4, -0.2) is 35.0 Å². The van der Waals surface area contributed by atoms with Crippen molar-refractivity contribution in [1.82, 2.24) is 20.3 Å². The Morgan fingerprint density at radius 3 is 2.68 bits per heavy atom. The third kappa shape index (κ3) is 2.84. The van der Waals surface area contributed by atoms with Gasteiger partial charge < -0.3 is 9.05 Å². The fourth-order valence-electron chi connectivity index (χ4n) is 2.05. The minimum atomic E-state index is -3.22. The minimum absolute atomic E-state index is 0.118. The second-order valence-corrected chi connectivity index (χ2v) is 7.53. The van der Waals surface area contributed by atoms with Gasteiger partial charge in [-0.05, 0) is 12.0 Å². The molecule has 0 saturated carbocycles. The molecule has 0 aliphatic heterocycles. The first-order chi connectivity index (χ1) is 10.3. The van der Waals surface area contributed by atoms with Crippen LogP contribution in [0.5, 0.6) is 0 Å². The van der Waals surface area contributed by atoms with E-state index in [1.165, 1.54) is 6.20 Å². The summed E-state index contributed by atoms with van der Waals surface area (Å²) in [6, 6.07) is 1.80. The molecule has 116 valence electrons. The van der Waals surface area contributed by atoms with Gasteiger partial charge >= 0.3 is 0 Å². The summed E-state index contributed by atoms with van der Waals surface area (Å²) in [5.41, 5.74) is 1.81. The fraction of sp³-hybridized carbons (Fsp3) is 0.385. The lowest BCUT2D eigenvalue weighted by Gasteiger charge is -1.98. The average molecular weight is 322 g/mol. The van der Waals surface area contributed by atoms with Crippen LogP contribution in [0.2, 0.25) is 0 Å². The van der Waals surface area contributed by atoms with Gasteiger partial charge in [-0.2, -0.15) is 4.98 Å². The zero-order valence-corrected chi connectivity index (χ0v) is 13.1. The Morgan fingerprint density at radius 2 is 2.00 bits per heavy atom. The van der Waals surface area contributed by atoms with E-state index in [0.717, 1.165) is 17.3 Å². The van der Waals surface area contributed by atoms with E-state index in [-0.39, 0.29) is 23.4 Å². The number of rotatable bonds is 4. The zero-order valence-electron chi connectivity index (χ0n) is 12.3. The van der Waals surface area contributed by atoms with Crippen LogP contribution in [0.3, 0.4) is 0 Å². The van der Waals surface area contributed by atoms with Crippen molar-refractivity contribution in [1.29, 1.82) is 0 Å². The quantitative estimate of drug-likeness (QED) is 0.716. The summed E-state index contributed by atoms with van der Waals surface area (Å²) in [5.74, 6) is 0.245. The number of fused-ring (bicyclic) bond motifs is 1. The topological polar surface area (TPSA) is 112 Å². The van der Waals surface area contributed by atoms with Gasteiger partial charge in [0.2, 0.25) is 0 Å². The first kappa shape index (κ1) is 14.6. The van der Waals surface area contributed by atoms with Gasteiger partial charge in [0.05, 0.1) is 16.6 Å². The van der Waals surface area contributed by atoms with Crippen LogP contribution in [0.15, 0.2) is 21.3 Å². The summed E-state index contributed by atoms with van der Waals surface area (Å²) >= 11 is 0. The van der Waals surface area contributed by atoms with Gasteiger partial charge in [0.15, 0.2) is 15.7 Å². The molecule has 3 heterocycles. The Hall–Kier alpha value is -2.29. The van der Waals surface area contributed by atoms with Crippen molar-refractivity contribution in [3.8, 4) is 11.5 Å². The molecule has 3 aromatic heterocycles. The smallest absolute Gasteiger partial charge is 0.259 e. The van der Waals surface area contributed by atoms with Crippen LogP contribution < -0.4 is 0 Å². The average Bonchev–Trinajstić information content (AvgIpc) is 3.02. The molecule has 9 heteroatoms. The monoisotopic (exact) mass is 322 g/mol. The van der Waals surface area contributed by atoms with Crippen molar-refractivity contribution in [3.05, 3.63) is 23.8 Å². The lowest BCUT2D eigenvalue weighted by atomic mass is 10.1. The molecule has 0 aliphatic carbocycles. The molecule has 22 heavy (non-hydrogen) atoms. The van der Waals surface area contributed by atoms with Gasteiger partial charge in [-0.1, -0.05) is 24.2 Å². The number of sulfone groups is 1. The molecule has 0 saturated heterocycles. The Labute approximate surface area is 126 Å². The highest BCUT2D eigenvalue weighted by Gasteiger charge is 2.17. The summed E-state index contributed by atoms with van der Waals surface area (Å²) in [6.45, 7) is 4.00. The first-order valence-corrected chi connectivity index (χ1v) is 8.65. The molecule has 3 aromatic rings. The van der Waals surface area contributed by atoms with Crippen molar-refractivity contribution in [2.24, 2.45) is 0 Å². The Balaban J connectivity index is 2.01. The van der Waals surface area contributed by atoms with Gasteiger partial charge in [-0.15, -0.1) is 0 Å². The lowest BCUT2D eigenvalue weighted by Crippen LogP contribution is -2.02. The fourth-order valence-corrected chi connectivity index (χ4v) is 2.63. The van der Waals surface area contributed by atoms with Crippen molar-refractivity contribution < 1.29 is 17.5 Å². The Bertz CT molecular complexity index is 927. The second-order valence-electron chi connectivity index (χ2n) is 5.39. The van der Waals surface area contributed by atoms with Gasteiger partial charge in [-0.3, -0.25) is 0 Å². The maximum Gasteiger partial charge on any atom is 0.259 e. The van der Waals surface area contributed by atoms with Crippen molar-refractivity contribution in [2.45, 2.75) is 25.5 Å². The molecule has 0 spiro atoms. The van der Waals surface area contributed by atoms with Crippen LogP contribution in [0.4, 0.5) is 0 Å². The van der Waals surface area contributed by atoms with E-state index in [1.807, 2.05) is 13.8 Å². The molecule has 0 aliphatic rings. The molecular weight excluding hydrogens is 308 g/mol. The summed E-state index contributed by atoms with van der Waals surface area (Å²) in [5, 5.41) is 8.44. The number of hydrogen-bond acceptors (Lipinski definition) is 8.